The largest absolute Gasteiger partial charge is 0.463 e. The monoisotopic (exact) mass is 1130 g/mol. The van der Waals surface area contributed by atoms with E-state index in [1.807, 2.05) is 38.1 Å². The number of para-hydroxylation sites is 2. The minimum atomic E-state index is -5.97. The third kappa shape index (κ3) is 12.7. The fourth-order valence-electron chi connectivity index (χ4n) is 8.64. The first-order valence-electron chi connectivity index (χ1n) is 25.3. The van der Waals surface area contributed by atoms with Gasteiger partial charge in [0.1, 0.15) is 24.6 Å². The fraction of sp³-hybridized carbons (Fsp3) is 0.328. The van der Waals surface area contributed by atoms with Crippen LogP contribution in [0.2, 0.25) is 0 Å². The number of nitrogens with zero attached hydrogens (tertiary/aromatic N) is 1. The number of anilines is 2. The van der Waals surface area contributed by atoms with E-state index >= 15 is 17.6 Å². The number of hydrogen-bond donors (Lipinski definition) is 3. The highest BCUT2D eigenvalue weighted by atomic mass is 32.3. The number of thioether (sulfide) groups is 1. The number of sulfonamides is 2. The molecule has 0 unspecified atom stereocenters. The van der Waals surface area contributed by atoms with Crippen molar-refractivity contribution in [2.45, 2.75) is 108 Å². The van der Waals surface area contributed by atoms with Crippen molar-refractivity contribution in [2.75, 3.05) is 30.8 Å². The van der Waals surface area contributed by atoms with Crippen LogP contribution in [0, 0.1) is 35.6 Å². The topological polar surface area (TPSA) is 182 Å². The molecule has 1 heterocycles. The molecule has 13 nitrogen and oxygen atoms in total. The van der Waals surface area contributed by atoms with Crippen molar-refractivity contribution in [3.8, 4) is 22.5 Å². The molecule has 0 saturated carbocycles. The Bertz CT molecular complexity index is 3640. The number of fused-ring (bicyclic) bond motifs is 2. The second kappa shape index (κ2) is 24.1. The van der Waals surface area contributed by atoms with Crippen molar-refractivity contribution >= 4 is 71.9 Å². The Kier molecular flexibility index (Phi) is 18.2. The first-order chi connectivity index (χ1) is 36.8. The van der Waals surface area contributed by atoms with Gasteiger partial charge < -0.3 is 24.5 Å². The SMILES string of the molecule is CCC(C)(C)C(=O)OCCNC(=O)OCCSc1c(F)c(F)c(S(=O)(=O)NS(=O)(=O)c2ccccc2-c2c3ccc(=Nc4c(C)cccc4C(C)C)cc-3oc3cc(Nc4c(C(C)C)cccc4C(C)C)ccc23)c(F)c1F. The molecule has 0 bridgehead atoms. The highest BCUT2D eigenvalue weighted by Crippen LogP contribution is 2.44. The number of carbonyl (C=O) groups excluding carboxylic acids is 2. The normalized spacial score (nSPS) is 12.6. The molecule has 5 aromatic carbocycles. The van der Waals surface area contributed by atoms with Crippen LogP contribution in [0.25, 0.3) is 33.4 Å². The summed E-state index contributed by atoms with van der Waals surface area (Å²) >= 11 is 0.164. The van der Waals surface area contributed by atoms with Crippen molar-refractivity contribution in [2.24, 2.45) is 10.4 Å². The van der Waals surface area contributed by atoms with E-state index in [2.05, 4.69) is 64.3 Å². The number of esters is 1. The third-order valence-corrected chi connectivity index (χ3v) is 17.8. The van der Waals surface area contributed by atoms with Crippen LogP contribution in [0.5, 0.6) is 0 Å². The van der Waals surface area contributed by atoms with Gasteiger partial charge in [-0.2, -0.15) is 0 Å². The van der Waals surface area contributed by atoms with E-state index in [0.29, 0.717) is 28.4 Å². The third-order valence-electron chi connectivity index (χ3n) is 13.2. The smallest absolute Gasteiger partial charge is 0.407 e. The average molecular weight is 1130 g/mol. The highest BCUT2D eigenvalue weighted by molar-refractivity contribution is 8.04. The number of ether oxygens (including phenoxy) is 2. The van der Waals surface area contributed by atoms with E-state index in [9.17, 15) is 26.4 Å². The molecule has 2 aliphatic rings. The summed E-state index contributed by atoms with van der Waals surface area (Å²) in [6.45, 7) is 18.8. The molecular weight excluding hydrogens is 1070 g/mol. The lowest BCUT2D eigenvalue weighted by atomic mass is 9.91. The summed E-state index contributed by atoms with van der Waals surface area (Å²) < 4.78 is 138. The minimum Gasteiger partial charge on any atom is -0.463 e. The van der Waals surface area contributed by atoms with Crippen molar-refractivity contribution < 1.29 is 57.9 Å². The zero-order valence-corrected chi connectivity index (χ0v) is 47.3. The Morgan fingerprint density at radius 3 is 1.99 bits per heavy atom. The summed E-state index contributed by atoms with van der Waals surface area (Å²) in [6.07, 6.45) is -0.476. The van der Waals surface area contributed by atoms with Crippen LogP contribution in [0.1, 0.15) is 109 Å². The van der Waals surface area contributed by atoms with E-state index in [0.717, 1.165) is 39.7 Å². The number of carbonyl (C=O) groups is 2. The van der Waals surface area contributed by atoms with Crippen molar-refractivity contribution in [1.29, 1.82) is 0 Å². The fourth-order valence-corrected chi connectivity index (χ4v) is 12.7. The van der Waals surface area contributed by atoms with Crippen molar-refractivity contribution in [1.82, 2.24) is 9.44 Å². The average Bonchev–Trinajstić information content (AvgIpc) is 3.41. The van der Waals surface area contributed by atoms with Crippen molar-refractivity contribution in [3.05, 3.63) is 148 Å². The maximum atomic E-state index is 15.8. The lowest BCUT2D eigenvalue weighted by Gasteiger charge is -2.22. The summed E-state index contributed by atoms with van der Waals surface area (Å²) in [5.74, 6) is -9.29. The second-order valence-electron chi connectivity index (χ2n) is 20.2. The molecule has 0 aromatic heterocycles. The zero-order chi connectivity index (χ0) is 57.0. The van der Waals surface area contributed by atoms with Gasteiger partial charge in [0.05, 0.1) is 32.8 Å². The molecule has 3 N–H and O–H groups in total. The molecule has 0 fully saturated rings. The van der Waals surface area contributed by atoms with Crippen LogP contribution in [0.15, 0.2) is 121 Å². The summed E-state index contributed by atoms with van der Waals surface area (Å²) in [7, 11) is -11.4. The zero-order valence-electron chi connectivity index (χ0n) is 44.9. The van der Waals surface area contributed by atoms with Gasteiger partial charge in [-0.05, 0) is 97.5 Å². The molecule has 20 heteroatoms. The van der Waals surface area contributed by atoms with Crippen LogP contribution in [-0.2, 0) is 34.3 Å². The summed E-state index contributed by atoms with van der Waals surface area (Å²) in [5, 5.41) is 6.81. The van der Waals surface area contributed by atoms with E-state index < -0.39 is 87.8 Å². The van der Waals surface area contributed by atoms with Gasteiger partial charge in [0.25, 0.3) is 20.0 Å². The summed E-state index contributed by atoms with van der Waals surface area (Å²) in [5.41, 5.74) is 6.57. The molecule has 1 amide bonds. The number of alkyl carbamates (subject to hydrolysis) is 1. The Hall–Kier alpha value is -6.74. The van der Waals surface area contributed by atoms with E-state index in [-0.39, 0.29) is 65.1 Å². The molecule has 7 rings (SSSR count). The Morgan fingerprint density at radius 1 is 0.718 bits per heavy atom. The number of amides is 1. The quantitative estimate of drug-likeness (QED) is 0.0165. The van der Waals surface area contributed by atoms with Crippen LogP contribution in [-0.4, -0.2) is 54.4 Å². The number of halogens is 4. The Balaban J connectivity index is 1.24. The van der Waals surface area contributed by atoms with E-state index in [4.69, 9.17) is 18.9 Å². The van der Waals surface area contributed by atoms with Gasteiger partial charge in [-0.25, -0.2) is 44.2 Å². The molecule has 78 heavy (non-hydrogen) atoms. The van der Waals surface area contributed by atoms with E-state index in [1.54, 1.807) is 50.2 Å². The van der Waals surface area contributed by atoms with Crippen LogP contribution < -0.4 is 20.1 Å². The number of hydrogen-bond acceptors (Lipinski definition) is 12. The Labute approximate surface area is 456 Å². The second-order valence-corrected chi connectivity index (χ2v) is 24.8. The predicted molar refractivity (Wildman–Crippen MR) is 296 cm³/mol. The molecule has 0 spiro atoms. The number of nitrogens with one attached hydrogen (secondary N) is 3. The molecule has 0 saturated heterocycles. The lowest BCUT2D eigenvalue weighted by Crippen LogP contribution is -2.33. The maximum Gasteiger partial charge on any atom is 0.407 e. The summed E-state index contributed by atoms with van der Waals surface area (Å²) in [6, 6.07) is 27.8. The number of benzene rings is 6. The van der Waals surface area contributed by atoms with Gasteiger partial charge in [-0.15, -0.1) is 15.9 Å². The standard InChI is InChI=1S/C58H62F4N4O9S3/c1-11-58(9,10)56(67)73-27-26-63-57(68)74-28-29-76-54-48(59)50(61)55(51(62)49(54)60)78(71,72)66-77(69,70)46-21-13-12-17-43(46)47-41-24-22-36(64-52-35(8)16-14-18-38(52)32(2)3)30-44(41)75-45-31-37(23-25-42(45)47)65-53-39(33(4)5)19-15-20-40(53)34(6)7/h12-25,30-34,65-66H,11,26-29H2,1-10H3,(H,63,68). The first-order valence-corrected chi connectivity index (χ1v) is 29.2. The maximum absolute atomic E-state index is 15.8. The van der Waals surface area contributed by atoms with Crippen molar-refractivity contribution in [3.63, 3.8) is 0 Å². The van der Waals surface area contributed by atoms with Gasteiger partial charge in [0.2, 0.25) is 0 Å². The molecule has 0 atom stereocenters. The van der Waals surface area contributed by atoms with Crippen LogP contribution in [0.4, 0.5) is 39.4 Å². The van der Waals surface area contributed by atoms with Gasteiger partial charge in [0, 0.05) is 51.3 Å². The van der Waals surface area contributed by atoms with Gasteiger partial charge in [0.15, 0.2) is 28.2 Å². The number of rotatable bonds is 20. The van der Waals surface area contributed by atoms with Crippen LogP contribution >= 0.6 is 11.8 Å². The molecule has 0 radical (unpaired) electrons. The van der Waals surface area contributed by atoms with Crippen LogP contribution in [0.3, 0.4) is 0 Å². The first kappa shape index (κ1) is 58.9. The lowest BCUT2D eigenvalue weighted by molar-refractivity contribution is -0.153. The molecule has 1 aliphatic carbocycles. The molecular formula is C58H62F4N4O9S3. The van der Waals surface area contributed by atoms with E-state index in [1.165, 1.54) is 22.3 Å². The van der Waals surface area contributed by atoms with Gasteiger partial charge in [-0.3, -0.25) is 4.79 Å². The Morgan fingerprint density at radius 2 is 1.35 bits per heavy atom. The van der Waals surface area contributed by atoms with Gasteiger partial charge >= 0.3 is 12.1 Å². The minimum absolute atomic E-state index is 0.0648. The van der Waals surface area contributed by atoms with Gasteiger partial charge in [-0.1, -0.05) is 103 Å². The molecule has 1 aliphatic heterocycles. The number of aryl methyl sites for hydroxylation is 1. The molecule has 414 valence electrons. The predicted octanol–water partition coefficient (Wildman–Crippen LogP) is 13.9. The summed E-state index contributed by atoms with van der Waals surface area (Å²) in [4.78, 5) is 25.1. The molecule has 5 aromatic rings. The highest BCUT2D eigenvalue weighted by Gasteiger charge is 2.37.